The third-order valence-corrected chi connectivity index (χ3v) is 8.06. The van der Waals surface area contributed by atoms with Gasteiger partial charge in [-0.05, 0) is 31.2 Å². The molecule has 5 rings (SSSR count). The van der Waals surface area contributed by atoms with Crippen molar-refractivity contribution in [1.82, 2.24) is 19.7 Å². The van der Waals surface area contributed by atoms with Crippen LogP contribution in [-0.2, 0) is 23.4 Å². The molecule has 3 aromatic rings. The van der Waals surface area contributed by atoms with Crippen LogP contribution in [0, 0.1) is 11.3 Å². The lowest BCUT2D eigenvalue weighted by Gasteiger charge is -2.26. The summed E-state index contributed by atoms with van der Waals surface area (Å²) in [5.74, 6) is -0.461. The molecule has 2 aliphatic rings. The van der Waals surface area contributed by atoms with Gasteiger partial charge in [0.25, 0.3) is 0 Å². The molecule has 1 saturated carbocycles. The molecule has 1 aliphatic heterocycles. The van der Waals surface area contributed by atoms with Crippen LogP contribution in [0.2, 0.25) is 0 Å². The van der Waals surface area contributed by atoms with Gasteiger partial charge in [-0.15, -0.1) is 0 Å². The number of methoxy groups -OCH3 is 1. The fraction of sp³-hybridized carbons (Fsp3) is 0.364. The van der Waals surface area contributed by atoms with Gasteiger partial charge in [-0.2, -0.15) is 15.4 Å². The first-order chi connectivity index (χ1) is 17.6. The van der Waals surface area contributed by atoms with Crippen molar-refractivity contribution in [3.05, 3.63) is 54.5 Å². The van der Waals surface area contributed by atoms with Crippen molar-refractivity contribution in [2.75, 3.05) is 12.8 Å². The molecule has 194 valence electrons. The Bertz CT molecular complexity index is 1450. The first-order valence-corrected chi connectivity index (χ1v) is 12.6. The zero-order valence-electron chi connectivity index (χ0n) is 19.6. The number of nitrogens with zero attached hydrogens (tertiary/aromatic N) is 4. The molecule has 2 aromatic heterocycles. The number of rotatable bonds is 8. The summed E-state index contributed by atoms with van der Waals surface area (Å²) < 4.78 is 36.8. The maximum atomic E-state index is 13.8. The number of hydrogen-bond acceptors (Lipinski definition) is 12. The number of carbonyl (C=O) groups is 1. The van der Waals surface area contributed by atoms with Crippen LogP contribution >= 0.6 is 7.75 Å². The molecule has 0 bridgehead atoms. The van der Waals surface area contributed by atoms with E-state index in [0.717, 1.165) is 7.11 Å². The summed E-state index contributed by atoms with van der Waals surface area (Å²) in [6.07, 6.45) is -3.30. The number of nitrogen functional groups attached to an aromatic ring is 1. The van der Waals surface area contributed by atoms with Crippen LogP contribution in [0.3, 0.4) is 0 Å². The van der Waals surface area contributed by atoms with E-state index in [9.17, 15) is 24.8 Å². The topological polar surface area (TPSA) is 204 Å². The summed E-state index contributed by atoms with van der Waals surface area (Å²) in [5.41, 5.74) is 2.19. The Morgan fingerprint density at radius 3 is 2.73 bits per heavy atom. The number of esters is 1. The molecule has 0 spiro atoms. The molecular weight excluding hydrogens is 507 g/mol. The van der Waals surface area contributed by atoms with Crippen LogP contribution in [0.15, 0.2) is 48.8 Å². The van der Waals surface area contributed by atoms with Crippen molar-refractivity contribution in [2.24, 2.45) is 0 Å². The van der Waals surface area contributed by atoms with E-state index in [4.69, 9.17) is 19.5 Å². The van der Waals surface area contributed by atoms with Crippen molar-refractivity contribution in [3.63, 3.8) is 0 Å². The van der Waals surface area contributed by atoms with E-state index >= 15 is 0 Å². The largest absolute Gasteiger partial charge is 0.468 e. The molecule has 0 amide bonds. The fourth-order valence-electron chi connectivity index (χ4n) is 4.49. The fourth-order valence-corrected chi connectivity index (χ4v) is 6.21. The second kappa shape index (κ2) is 8.77. The number of carbonyl (C=O) groups excluding carboxylic acids is 1. The van der Waals surface area contributed by atoms with Gasteiger partial charge in [0.2, 0.25) is 5.60 Å². The van der Waals surface area contributed by atoms with Crippen molar-refractivity contribution in [1.29, 1.82) is 5.26 Å². The van der Waals surface area contributed by atoms with Gasteiger partial charge < -0.3 is 29.9 Å². The number of benzene rings is 1. The molecular formula is C22H23N6O8P. The SMILES string of the molecule is COC(=O)[C@H](C)N[P@@](=O)(Oc1ccccc1)OC1[C@@]2(C#N)O[C@@H](c3ccc4c(N)ncnn34)[C@H](O)[C@@]12O. The molecule has 7 atom stereocenters. The predicted molar refractivity (Wildman–Crippen MR) is 125 cm³/mol. The summed E-state index contributed by atoms with van der Waals surface area (Å²) in [6, 6.07) is 11.8. The molecule has 0 radical (unpaired) electrons. The number of hydrogen-bond donors (Lipinski definition) is 4. The Labute approximate surface area is 210 Å². The van der Waals surface area contributed by atoms with Crippen LogP contribution in [0.1, 0.15) is 18.7 Å². The van der Waals surface area contributed by atoms with E-state index in [1.165, 1.54) is 29.9 Å². The monoisotopic (exact) mass is 530 g/mol. The molecule has 14 nitrogen and oxygen atoms in total. The molecule has 1 aliphatic carbocycles. The average Bonchev–Trinajstić information content (AvgIpc) is 3.15. The second-order valence-corrected chi connectivity index (χ2v) is 10.3. The van der Waals surface area contributed by atoms with E-state index in [1.807, 2.05) is 6.07 Å². The summed E-state index contributed by atoms with van der Waals surface area (Å²) in [4.78, 5) is 15.9. The Hall–Kier alpha value is -3.57. The molecule has 1 unspecified atom stereocenters. The van der Waals surface area contributed by atoms with Crippen molar-refractivity contribution < 1.29 is 38.1 Å². The number of aliphatic hydroxyl groups is 2. The smallest absolute Gasteiger partial charge is 0.459 e. The minimum absolute atomic E-state index is 0.121. The number of aromatic nitrogens is 3. The maximum Gasteiger partial charge on any atom is 0.459 e. The van der Waals surface area contributed by atoms with Gasteiger partial charge in [0.05, 0.1) is 12.8 Å². The third kappa shape index (κ3) is 3.75. The van der Waals surface area contributed by atoms with Crippen molar-refractivity contribution in [2.45, 2.75) is 42.5 Å². The van der Waals surface area contributed by atoms with Gasteiger partial charge in [-0.25, -0.2) is 14.1 Å². The Morgan fingerprint density at radius 2 is 2.08 bits per heavy atom. The van der Waals surface area contributed by atoms with E-state index in [2.05, 4.69) is 19.9 Å². The molecule has 37 heavy (non-hydrogen) atoms. The van der Waals surface area contributed by atoms with Crippen molar-refractivity contribution >= 4 is 25.1 Å². The van der Waals surface area contributed by atoms with Gasteiger partial charge >= 0.3 is 13.7 Å². The van der Waals surface area contributed by atoms with Crippen LogP contribution in [0.5, 0.6) is 5.75 Å². The Morgan fingerprint density at radius 1 is 1.35 bits per heavy atom. The summed E-state index contributed by atoms with van der Waals surface area (Å²) in [7, 11) is -3.31. The molecule has 2 fully saturated rings. The first-order valence-electron chi connectivity index (χ1n) is 11.1. The lowest BCUT2D eigenvalue weighted by Crippen LogP contribution is -2.38. The highest BCUT2D eigenvalue weighted by molar-refractivity contribution is 7.52. The van der Waals surface area contributed by atoms with Gasteiger partial charge in [0, 0.05) is 0 Å². The highest BCUT2D eigenvalue weighted by Crippen LogP contribution is 2.68. The minimum Gasteiger partial charge on any atom is -0.468 e. The number of ether oxygens (including phenoxy) is 2. The van der Waals surface area contributed by atoms with E-state index < -0.39 is 49.3 Å². The van der Waals surface area contributed by atoms with Gasteiger partial charge in [0.15, 0.2) is 17.5 Å². The lowest BCUT2D eigenvalue weighted by atomic mass is 10.0. The van der Waals surface area contributed by atoms with Crippen LogP contribution in [-0.4, -0.2) is 67.3 Å². The molecule has 1 aromatic carbocycles. The van der Waals surface area contributed by atoms with Gasteiger partial charge in [0.1, 0.15) is 41.9 Å². The molecule has 15 heteroatoms. The summed E-state index contributed by atoms with van der Waals surface area (Å²) >= 11 is 0. The number of nitrogens with two attached hydrogens (primary N) is 1. The zero-order chi connectivity index (χ0) is 26.6. The van der Waals surface area contributed by atoms with E-state index in [0.29, 0.717) is 11.2 Å². The molecule has 1 saturated heterocycles. The van der Waals surface area contributed by atoms with Crippen LogP contribution < -0.4 is 15.3 Å². The van der Waals surface area contributed by atoms with Gasteiger partial charge in [-0.3, -0.25) is 9.32 Å². The Kier molecular flexibility index (Phi) is 5.95. The number of para-hydroxylation sites is 1. The predicted octanol–water partition coefficient (Wildman–Crippen LogP) is 0.474. The second-order valence-electron chi connectivity index (χ2n) is 8.62. The maximum absolute atomic E-state index is 13.8. The molecule has 3 heterocycles. The normalized spacial score (nSPS) is 30.6. The van der Waals surface area contributed by atoms with Crippen molar-refractivity contribution in [3.8, 4) is 11.8 Å². The quantitative estimate of drug-likeness (QED) is 0.231. The number of fused-ring (bicyclic) bond motifs is 2. The summed E-state index contributed by atoms with van der Waals surface area (Å²) in [5, 5.41) is 39.0. The number of aliphatic hydroxyl groups excluding tert-OH is 1. The van der Waals surface area contributed by atoms with Gasteiger partial charge in [-0.1, -0.05) is 18.2 Å². The third-order valence-electron chi connectivity index (χ3n) is 6.42. The highest BCUT2D eigenvalue weighted by atomic mass is 31.2. The number of nitriles is 1. The average molecular weight is 530 g/mol. The minimum atomic E-state index is -4.46. The lowest BCUT2D eigenvalue weighted by molar-refractivity contribution is -0.142. The Balaban J connectivity index is 1.45. The van der Waals surface area contributed by atoms with Crippen LogP contribution in [0.25, 0.3) is 5.52 Å². The molecule has 5 N–H and O–H groups in total. The number of nitrogens with one attached hydrogen (secondary N) is 1. The van der Waals surface area contributed by atoms with Crippen LogP contribution in [0.4, 0.5) is 5.82 Å². The van der Waals surface area contributed by atoms with E-state index in [-0.39, 0.29) is 11.6 Å². The zero-order valence-corrected chi connectivity index (χ0v) is 20.5. The first kappa shape index (κ1) is 25.1. The highest BCUT2D eigenvalue weighted by Gasteiger charge is 2.90. The standard InChI is InChI=1S/C22H23N6O8P/c1-12(19(30)33-2)27-37(32,35-13-6-4-3-5-7-13)36-20-21(10-23)22(20,31)17(29)16(34-21)14-8-9-15-18(24)25-11-26-28(14)15/h3-9,11-12,16-17,20,29,31H,1-2H3,(H,27,32)(H2,24,25,26)/t12-,16-,17-,20?,21+,22+,37+/m0/s1. The summed E-state index contributed by atoms with van der Waals surface area (Å²) in [6.45, 7) is 1.37. The number of anilines is 1. The van der Waals surface area contributed by atoms with E-state index in [1.54, 1.807) is 30.3 Å².